The van der Waals surface area contributed by atoms with E-state index in [0.29, 0.717) is 6.54 Å². The normalized spacial score (nSPS) is 16.7. The third kappa shape index (κ3) is 3.95. The number of carbonyl (C=O) groups is 1. The molecule has 3 aromatic rings. The van der Waals surface area contributed by atoms with Crippen LogP contribution in [0.25, 0.3) is 10.6 Å². The Morgan fingerprint density at radius 3 is 2.60 bits per heavy atom. The number of aromatic nitrogens is 3. The lowest BCUT2D eigenvalue weighted by Gasteiger charge is -2.27. The van der Waals surface area contributed by atoms with Crippen molar-refractivity contribution in [2.45, 2.75) is 25.7 Å². The number of rotatable bonds is 3. The molecule has 0 unspecified atom stereocenters. The minimum Gasteiger partial charge on any atom is -0.357 e. The molecule has 9 heteroatoms. The first-order chi connectivity index (χ1) is 14.6. The van der Waals surface area contributed by atoms with Crippen LogP contribution in [0.3, 0.4) is 0 Å². The van der Waals surface area contributed by atoms with Gasteiger partial charge in [0.1, 0.15) is 23.1 Å². The van der Waals surface area contributed by atoms with Crippen LogP contribution in [0.4, 0.5) is 11.5 Å². The highest BCUT2D eigenvalue weighted by Gasteiger charge is 2.30. The first kappa shape index (κ1) is 20.6. The van der Waals surface area contributed by atoms with Gasteiger partial charge in [0.2, 0.25) is 0 Å². The molecule has 6 nitrogen and oxygen atoms in total. The van der Waals surface area contributed by atoms with Gasteiger partial charge in [0.25, 0.3) is 5.91 Å². The van der Waals surface area contributed by atoms with Crippen molar-refractivity contribution >= 4 is 73.9 Å². The van der Waals surface area contributed by atoms with Gasteiger partial charge in [0.15, 0.2) is 0 Å². The second-order valence-corrected chi connectivity index (χ2v) is 10.5. The SMILES string of the molecule is O=C1c2sc(-c3ccc(N4CCCCC4)nc3I)nc2CCN1c1ccnc(I)c1. The van der Waals surface area contributed by atoms with Gasteiger partial charge >= 0.3 is 0 Å². The maximum atomic E-state index is 13.2. The number of nitrogens with zero attached hydrogens (tertiary/aromatic N) is 5. The third-order valence-electron chi connectivity index (χ3n) is 5.48. The van der Waals surface area contributed by atoms with Gasteiger partial charge in [-0.3, -0.25) is 9.78 Å². The van der Waals surface area contributed by atoms with E-state index < -0.39 is 0 Å². The summed E-state index contributed by atoms with van der Waals surface area (Å²) in [7, 11) is 0. The third-order valence-corrected chi connectivity index (χ3v) is 8.01. The summed E-state index contributed by atoms with van der Waals surface area (Å²) in [4.78, 5) is 32.0. The Bertz CT molecular complexity index is 1110. The molecule has 5 heterocycles. The summed E-state index contributed by atoms with van der Waals surface area (Å²) >= 11 is 5.94. The fourth-order valence-corrected chi connectivity index (χ4v) is 6.37. The molecule has 0 radical (unpaired) electrons. The molecular weight excluding hydrogens is 624 g/mol. The maximum Gasteiger partial charge on any atom is 0.270 e. The average molecular weight is 643 g/mol. The fraction of sp³-hybridized carbons (Fsp3) is 0.333. The van der Waals surface area contributed by atoms with Crippen LogP contribution in [0, 0.1) is 7.40 Å². The zero-order chi connectivity index (χ0) is 20.7. The van der Waals surface area contributed by atoms with Crippen LogP contribution in [-0.4, -0.2) is 40.5 Å². The highest BCUT2D eigenvalue weighted by atomic mass is 127. The number of amides is 1. The van der Waals surface area contributed by atoms with Crippen molar-refractivity contribution in [1.29, 1.82) is 0 Å². The van der Waals surface area contributed by atoms with Crippen LogP contribution in [0.15, 0.2) is 30.5 Å². The highest BCUT2D eigenvalue weighted by Crippen LogP contribution is 2.35. The summed E-state index contributed by atoms with van der Waals surface area (Å²) in [6.45, 7) is 2.79. The summed E-state index contributed by atoms with van der Waals surface area (Å²) < 4.78 is 1.82. The first-order valence-electron chi connectivity index (χ1n) is 9.95. The summed E-state index contributed by atoms with van der Waals surface area (Å²) in [5.41, 5.74) is 2.80. The van der Waals surface area contributed by atoms with Crippen LogP contribution in [0.2, 0.25) is 0 Å². The lowest BCUT2D eigenvalue weighted by Crippen LogP contribution is -2.37. The van der Waals surface area contributed by atoms with E-state index in [2.05, 4.69) is 67.2 Å². The van der Waals surface area contributed by atoms with Crippen molar-refractivity contribution in [2.24, 2.45) is 0 Å². The van der Waals surface area contributed by atoms with Gasteiger partial charge in [-0.1, -0.05) is 0 Å². The molecule has 154 valence electrons. The van der Waals surface area contributed by atoms with E-state index >= 15 is 0 Å². The van der Waals surface area contributed by atoms with E-state index in [-0.39, 0.29) is 5.91 Å². The lowest BCUT2D eigenvalue weighted by atomic mass is 10.1. The molecule has 1 saturated heterocycles. The van der Waals surface area contributed by atoms with Crippen LogP contribution in [0.1, 0.15) is 34.6 Å². The minimum absolute atomic E-state index is 0.0231. The molecule has 0 N–H and O–H groups in total. The predicted molar refractivity (Wildman–Crippen MR) is 136 cm³/mol. The number of anilines is 2. The molecule has 0 aliphatic carbocycles. The van der Waals surface area contributed by atoms with Crippen molar-refractivity contribution in [1.82, 2.24) is 15.0 Å². The van der Waals surface area contributed by atoms with E-state index in [1.165, 1.54) is 30.6 Å². The van der Waals surface area contributed by atoms with Crippen LogP contribution in [0.5, 0.6) is 0 Å². The lowest BCUT2D eigenvalue weighted by molar-refractivity contribution is 0.0984. The summed E-state index contributed by atoms with van der Waals surface area (Å²) in [6, 6.07) is 8.03. The summed E-state index contributed by atoms with van der Waals surface area (Å²) in [5.74, 6) is 1.06. The van der Waals surface area contributed by atoms with Crippen molar-refractivity contribution in [3.63, 3.8) is 0 Å². The molecule has 3 aromatic heterocycles. The monoisotopic (exact) mass is 643 g/mol. The molecule has 0 bridgehead atoms. The molecule has 1 amide bonds. The van der Waals surface area contributed by atoms with E-state index in [4.69, 9.17) is 9.97 Å². The molecule has 0 atom stereocenters. The number of pyridine rings is 2. The fourth-order valence-electron chi connectivity index (χ4n) is 3.94. The van der Waals surface area contributed by atoms with Crippen LogP contribution in [-0.2, 0) is 6.42 Å². The largest absolute Gasteiger partial charge is 0.357 e. The number of hydrogen-bond acceptors (Lipinski definition) is 6. The molecule has 2 aliphatic rings. The topological polar surface area (TPSA) is 62.2 Å². The number of halogens is 2. The Hall–Kier alpha value is -1.34. The van der Waals surface area contributed by atoms with Crippen LogP contribution >= 0.6 is 56.5 Å². The molecular formula is C21H19I2N5OS. The van der Waals surface area contributed by atoms with E-state index in [1.807, 2.05) is 17.0 Å². The number of carbonyl (C=O) groups excluding carboxylic acids is 1. The summed E-state index contributed by atoms with van der Waals surface area (Å²) in [6.07, 6.45) is 6.27. The van der Waals surface area contributed by atoms with Crippen molar-refractivity contribution in [3.05, 3.63) is 48.4 Å². The van der Waals surface area contributed by atoms with Gasteiger partial charge in [-0.15, -0.1) is 11.3 Å². The smallest absolute Gasteiger partial charge is 0.270 e. The molecule has 0 aromatic carbocycles. The second-order valence-electron chi connectivity index (χ2n) is 7.39. The van der Waals surface area contributed by atoms with Crippen molar-refractivity contribution in [2.75, 3.05) is 29.4 Å². The number of piperidine rings is 1. The number of thiazole rings is 1. The van der Waals surface area contributed by atoms with E-state index in [9.17, 15) is 4.79 Å². The zero-order valence-electron chi connectivity index (χ0n) is 16.1. The quantitative estimate of drug-likeness (QED) is 0.297. The van der Waals surface area contributed by atoms with Crippen molar-refractivity contribution < 1.29 is 4.79 Å². The molecule has 0 spiro atoms. The molecule has 1 fully saturated rings. The molecule has 2 aliphatic heterocycles. The van der Waals surface area contributed by atoms with Crippen LogP contribution < -0.4 is 9.80 Å². The van der Waals surface area contributed by atoms with Gasteiger partial charge in [-0.25, -0.2) is 9.97 Å². The first-order valence-corrected chi connectivity index (χ1v) is 12.9. The second kappa shape index (κ2) is 8.65. The minimum atomic E-state index is 0.0231. The van der Waals surface area contributed by atoms with Gasteiger partial charge < -0.3 is 9.80 Å². The van der Waals surface area contributed by atoms with Gasteiger partial charge in [0.05, 0.1) is 5.69 Å². The van der Waals surface area contributed by atoms with Crippen molar-refractivity contribution in [3.8, 4) is 10.6 Å². The standard InChI is InChI=1S/C21H19I2N5OS/c22-16-12-13(6-8-24-16)28-11-7-15-18(21(28)29)30-20(25-15)14-4-5-17(26-19(14)23)27-9-2-1-3-10-27/h4-6,8,12H,1-3,7,9-11H2. The molecule has 5 rings (SSSR count). The number of fused-ring (bicyclic) bond motifs is 1. The number of hydrogen-bond donors (Lipinski definition) is 0. The molecule has 0 saturated carbocycles. The van der Waals surface area contributed by atoms with Gasteiger partial charge in [-0.2, -0.15) is 0 Å². The Kier molecular flexibility index (Phi) is 5.93. The maximum absolute atomic E-state index is 13.2. The predicted octanol–water partition coefficient (Wildman–Crippen LogP) is 5.00. The van der Waals surface area contributed by atoms with E-state index in [0.717, 1.165) is 59.6 Å². The van der Waals surface area contributed by atoms with E-state index in [1.54, 1.807) is 6.20 Å². The Labute approximate surface area is 206 Å². The zero-order valence-corrected chi connectivity index (χ0v) is 21.3. The Morgan fingerprint density at radius 2 is 1.83 bits per heavy atom. The Morgan fingerprint density at radius 1 is 1.00 bits per heavy atom. The van der Waals surface area contributed by atoms with Gasteiger partial charge in [0, 0.05) is 43.5 Å². The highest BCUT2D eigenvalue weighted by molar-refractivity contribution is 14.1. The summed E-state index contributed by atoms with van der Waals surface area (Å²) in [5, 5.41) is 0.876. The van der Waals surface area contributed by atoms with Gasteiger partial charge in [-0.05, 0) is 88.7 Å². The average Bonchev–Trinajstić information content (AvgIpc) is 3.19. The Balaban J connectivity index is 1.43. The molecule has 30 heavy (non-hydrogen) atoms.